The molecule has 4 atom stereocenters. The van der Waals surface area contributed by atoms with Crippen molar-refractivity contribution in [3.8, 4) is 0 Å². The summed E-state index contributed by atoms with van der Waals surface area (Å²) in [6.07, 6.45) is 5.94. The molecule has 6 heteroatoms. The number of nitrogens with one attached hydrogen (secondary N) is 1. The van der Waals surface area contributed by atoms with Gasteiger partial charge in [-0.05, 0) is 50.5 Å². The van der Waals surface area contributed by atoms with Crippen molar-refractivity contribution < 1.29 is 13.9 Å². The number of carbonyl (C=O) groups excluding carboxylic acids is 1. The van der Waals surface area contributed by atoms with Gasteiger partial charge in [-0.1, -0.05) is 0 Å². The molecule has 142 valence electrons. The Hall–Kier alpha value is -2.34. The zero-order chi connectivity index (χ0) is 18.6. The second-order valence-corrected chi connectivity index (χ2v) is 8.21. The van der Waals surface area contributed by atoms with Gasteiger partial charge in [0, 0.05) is 49.0 Å². The van der Waals surface area contributed by atoms with E-state index in [1.54, 1.807) is 12.1 Å². The Kier molecular flexibility index (Phi) is 3.79. The van der Waals surface area contributed by atoms with Crippen LogP contribution in [-0.2, 0) is 4.74 Å². The fourth-order valence-electron chi connectivity index (χ4n) is 5.31. The SMILES string of the molecule is Cc1cc(N2C[C@@H]3[C@H](CNC(=O)c4ccco4)[C@H]4CC[C@]3(C2)O4)c(C)cn1. The molecule has 5 heterocycles. The molecular formula is C21H25N3O3. The third-order valence-electron chi connectivity index (χ3n) is 6.58. The van der Waals surface area contributed by atoms with Crippen LogP contribution in [0.4, 0.5) is 5.69 Å². The van der Waals surface area contributed by atoms with E-state index in [0.29, 0.717) is 24.1 Å². The van der Waals surface area contributed by atoms with Crippen molar-refractivity contribution in [2.45, 2.75) is 38.4 Å². The predicted molar refractivity (Wildman–Crippen MR) is 101 cm³/mol. The minimum absolute atomic E-state index is 0.0612. The summed E-state index contributed by atoms with van der Waals surface area (Å²) >= 11 is 0. The van der Waals surface area contributed by atoms with Crippen LogP contribution in [-0.4, -0.2) is 42.2 Å². The van der Waals surface area contributed by atoms with E-state index >= 15 is 0 Å². The zero-order valence-electron chi connectivity index (χ0n) is 15.8. The first-order chi connectivity index (χ1) is 13.1. The number of fused-ring (bicyclic) bond motifs is 1. The Bertz CT molecular complexity index is 866. The van der Waals surface area contributed by atoms with Crippen molar-refractivity contribution >= 4 is 11.6 Å². The molecule has 3 aliphatic rings. The molecule has 0 saturated carbocycles. The maximum Gasteiger partial charge on any atom is 0.286 e. The number of carbonyl (C=O) groups is 1. The quantitative estimate of drug-likeness (QED) is 0.900. The second kappa shape index (κ2) is 6.09. The summed E-state index contributed by atoms with van der Waals surface area (Å²) in [5, 5.41) is 3.06. The van der Waals surface area contributed by atoms with Gasteiger partial charge >= 0.3 is 0 Å². The lowest BCUT2D eigenvalue weighted by molar-refractivity contribution is 0.0141. The molecular weight excluding hydrogens is 342 g/mol. The molecule has 2 aromatic heterocycles. The average Bonchev–Trinajstić information content (AvgIpc) is 3.42. The first-order valence-corrected chi connectivity index (χ1v) is 9.73. The molecule has 0 radical (unpaired) electrons. The van der Waals surface area contributed by atoms with Crippen LogP contribution < -0.4 is 10.2 Å². The van der Waals surface area contributed by atoms with Crippen molar-refractivity contribution in [3.05, 3.63) is 47.7 Å². The Labute approximate surface area is 158 Å². The summed E-state index contributed by atoms with van der Waals surface area (Å²) in [7, 11) is 0. The Morgan fingerprint density at radius 1 is 1.44 bits per heavy atom. The monoisotopic (exact) mass is 367 g/mol. The van der Waals surface area contributed by atoms with Gasteiger partial charge in [0.05, 0.1) is 18.0 Å². The Morgan fingerprint density at radius 3 is 3.15 bits per heavy atom. The van der Waals surface area contributed by atoms with Crippen LogP contribution in [0.2, 0.25) is 0 Å². The molecule has 5 rings (SSSR count). The van der Waals surface area contributed by atoms with E-state index in [9.17, 15) is 4.79 Å². The smallest absolute Gasteiger partial charge is 0.286 e. The van der Waals surface area contributed by atoms with Gasteiger partial charge in [-0.3, -0.25) is 9.78 Å². The topological polar surface area (TPSA) is 67.6 Å². The van der Waals surface area contributed by atoms with Gasteiger partial charge in [-0.15, -0.1) is 0 Å². The molecule has 1 N–H and O–H groups in total. The van der Waals surface area contributed by atoms with E-state index in [0.717, 1.165) is 31.6 Å². The van der Waals surface area contributed by atoms with Gasteiger partial charge in [0.15, 0.2) is 5.76 Å². The molecule has 27 heavy (non-hydrogen) atoms. The standard InChI is InChI=1S/C21H25N3O3/c1-13-9-22-14(2)8-17(13)24-11-16-15(18-5-6-21(16,12-24)27-18)10-23-20(25)19-4-3-7-26-19/h3-4,7-9,15-16,18H,5-6,10-12H2,1-2H3,(H,23,25)/t15-,16+,18+,21+/m0/s1. The number of aromatic nitrogens is 1. The highest BCUT2D eigenvalue weighted by molar-refractivity contribution is 5.91. The molecule has 3 aliphatic heterocycles. The van der Waals surface area contributed by atoms with Crippen LogP contribution in [0, 0.1) is 25.7 Å². The van der Waals surface area contributed by atoms with Crippen LogP contribution in [0.25, 0.3) is 0 Å². The summed E-state index contributed by atoms with van der Waals surface area (Å²) in [6.45, 7) is 6.70. The summed E-state index contributed by atoms with van der Waals surface area (Å²) in [5.74, 6) is 1.02. The van der Waals surface area contributed by atoms with E-state index in [-0.39, 0.29) is 17.6 Å². The molecule has 0 aliphatic carbocycles. The highest BCUT2D eigenvalue weighted by Crippen LogP contribution is 2.55. The summed E-state index contributed by atoms with van der Waals surface area (Å²) in [4.78, 5) is 19.1. The van der Waals surface area contributed by atoms with Gasteiger partial charge in [-0.25, -0.2) is 0 Å². The maximum absolute atomic E-state index is 12.3. The number of nitrogens with zero attached hydrogens (tertiary/aromatic N) is 2. The lowest BCUT2D eigenvalue weighted by atomic mass is 9.73. The number of aryl methyl sites for hydroxylation is 2. The molecule has 3 fully saturated rings. The highest BCUT2D eigenvalue weighted by Gasteiger charge is 2.63. The maximum atomic E-state index is 12.3. The predicted octanol–water partition coefficient (Wildman–Crippen LogP) is 2.71. The number of hydrogen-bond acceptors (Lipinski definition) is 5. The normalized spacial score (nSPS) is 31.3. The van der Waals surface area contributed by atoms with Gasteiger partial charge in [0.2, 0.25) is 0 Å². The zero-order valence-corrected chi connectivity index (χ0v) is 15.8. The fourth-order valence-corrected chi connectivity index (χ4v) is 5.31. The summed E-state index contributed by atoms with van der Waals surface area (Å²) in [6, 6.07) is 5.60. The number of rotatable bonds is 4. The first-order valence-electron chi connectivity index (χ1n) is 9.73. The lowest BCUT2D eigenvalue weighted by Gasteiger charge is -2.29. The number of pyridine rings is 1. The average molecular weight is 367 g/mol. The van der Waals surface area contributed by atoms with Crippen LogP contribution in [0.1, 0.15) is 34.7 Å². The van der Waals surface area contributed by atoms with E-state index in [2.05, 4.69) is 28.2 Å². The number of furan rings is 1. The molecule has 1 amide bonds. The Morgan fingerprint density at radius 2 is 2.33 bits per heavy atom. The molecule has 3 saturated heterocycles. The second-order valence-electron chi connectivity index (χ2n) is 8.21. The van der Waals surface area contributed by atoms with Gasteiger partial charge in [-0.2, -0.15) is 0 Å². The summed E-state index contributed by atoms with van der Waals surface area (Å²) in [5.41, 5.74) is 3.44. The molecule has 6 nitrogen and oxygen atoms in total. The van der Waals surface area contributed by atoms with Crippen molar-refractivity contribution in [2.24, 2.45) is 11.8 Å². The molecule has 2 aromatic rings. The van der Waals surface area contributed by atoms with E-state index in [1.165, 1.54) is 17.5 Å². The number of amides is 1. The number of hydrogen-bond donors (Lipinski definition) is 1. The van der Waals surface area contributed by atoms with E-state index in [4.69, 9.17) is 9.15 Å². The minimum atomic E-state index is -0.146. The number of anilines is 1. The third-order valence-corrected chi connectivity index (χ3v) is 6.58. The van der Waals surface area contributed by atoms with Crippen LogP contribution in [0.5, 0.6) is 0 Å². The fraction of sp³-hybridized carbons (Fsp3) is 0.524. The van der Waals surface area contributed by atoms with Crippen molar-refractivity contribution in [1.82, 2.24) is 10.3 Å². The van der Waals surface area contributed by atoms with Gasteiger partial charge in [0.25, 0.3) is 5.91 Å². The highest BCUT2D eigenvalue weighted by atomic mass is 16.5. The lowest BCUT2D eigenvalue weighted by Crippen LogP contribution is -2.41. The molecule has 1 spiro atoms. The van der Waals surface area contributed by atoms with Crippen LogP contribution in [0.15, 0.2) is 35.1 Å². The third kappa shape index (κ3) is 2.65. The molecule has 0 unspecified atom stereocenters. The minimum Gasteiger partial charge on any atom is -0.459 e. The van der Waals surface area contributed by atoms with Gasteiger partial charge < -0.3 is 19.4 Å². The van der Waals surface area contributed by atoms with Crippen molar-refractivity contribution in [2.75, 3.05) is 24.5 Å². The van der Waals surface area contributed by atoms with Gasteiger partial charge in [0.1, 0.15) is 0 Å². The van der Waals surface area contributed by atoms with E-state index in [1.807, 2.05) is 13.1 Å². The molecule has 2 bridgehead atoms. The first kappa shape index (κ1) is 16.8. The van der Waals surface area contributed by atoms with Crippen molar-refractivity contribution in [1.29, 1.82) is 0 Å². The van der Waals surface area contributed by atoms with Crippen LogP contribution >= 0.6 is 0 Å². The number of ether oxygens (including phenoxy) is 1. The summed E-state index contributed by atoms with van der Waals surface area (Å²) < 4.78 is 11.7. The molecule has 0 aromatic carbocycles. The largest absolute Gasteiger partial charge is 0.459 e. The van der Waals surface area contributed by atoms with Crippen molar-refractivity contribution in [3.63, 3.8) is 0 Å². The van der Waals surface area contributed by atoms with E-state index < -0.39 is 0 Å². The Balaban J connectivity index is 1.33. The van der Waals surface area contributed by atoms with Crippen LogP contribution in [0.3, 0.4) is 0 Å².